The zero-order chi connectivity index (χ0) is 14.5. The Labute approximate surface area is 119 Å². The molecule has 0 unspecified atom stereocenters. The number of nitriles is 1. The molecule has 0 fully saturated rings. The van der Waals surface area contributed by atoms with Gasteiger partial charge in [0.2, 0.25) is 0 Å². The molecular formula is C18H17NO. The number of rotatable bonds is 4. The zero-order valence-corrected chi connectivity index (χ0v) is 11.8. The summed E-state index contributed by atoms with van der Waals surface area (Å²) in [6, 6.07) is 15.2. The van der Waals surface area contributed by atoms with Crippen LogP contribution < -0.4 is 0 Å². The van der Waals surface area contributed by atoms with Crippen LogP contribution in [-0.4, -0.2) is 5.78 Å². The molecule has 0 aromatic heterocycles. The van der Waals surface area contributed by atoms with E-state index in [1.807, 2.05) is 0 Å². The molecule has 0 radical (unpaired) electrons. The van der Waals surface area contributed by atoms with Gasteiger partial charge in [-0.1, -0.05) is 35.9 Å². The molecule has 0 aliphatic rings. The first-order valence-electron chi connectivity index (χ1n) is 6.69. The number of benzene rings is 2. The van der Waals surface area contributed by atoms with Crippen LogP contribution in [0.3, 0.4) is 0 Å². The van der Waals surface area contributed by atoms with Gasteiger partial charge in [0.1, 0.15) is 0 Å². The van der Waals surface area contributed by atoms with Crippen molar-refractivity contribution in [3.8, 4) is 6.07 Å². The Morgan fingerprint density at radius 1 is 1.15 bits per heavy atom. The monoisotopic (exact) mass is 263 g/mol. The van der Waals surface area contributed by atoms with Crippen LogP contribution in [-0.2, 0) is 6.42 Å². The van der Waals surface area contributed by atoms with Crippen molar-refractivity contribution in [1.29, 1.82) is 5.26 Å². The molecule has 2 rings (SSSR count). The Hall–Kier alpha value is -2.40. The van der Waals surface area contributed by atoms with Gasteiger partial charge in [-0.2, -0.15) is 5.26 Å². The van der Waals surface area contributed by atoms with Gasteiger partial charge >= 0.3 is 0 Å². The van der Waals surface area contributed by atoms with E-state index in [9.17, 15) is 4.79 Å². The number of nitrogens with zero attached hydrogens (tertiary/aromatic N) is 1. The highest BCUT2D eigenvalue weighted by Crippen LogP contribution is 2.15. The van der Waals surface area contributed by atoms with E-state index >= 15 is 0 Å². The Balaban J connectivity index is 2.07. The summed E-state index contributed by atoms with van der Waals surface area (Å²) in [5.41, 5.74) is 4.82. The molecule has 0 N–H and O–H groups in total. The molecule has 0 saturated heterocycles. The molecule has 0 amide bonds. The van der Waals surface area contributed by atoms with Crippen LogP contribution in [0.1, 0.15) is 39.0 Å². The van der Waals surface area contributed by atoms with Gasteiger partial charge in [-0.25, -0.2) is 0 Å². The molecule has 0 saturated carbocycles. The van der Waals surface area contributed by atoms with E-state index in [0.29, 0.717) is 17.5 Å². The van der Waals surface area contributed by atoms with Crippen LogP contribution in [0.25, 0.3) is 0 Å². The number of hydrogen-bond acceptors (Lipinski definition) is 2. The summed E-state index contributed by atoms with van der Waals surface area (Å²) >= 11 is 0. The Morgan fingerprint density at radius 2 is 1.95 bits per heavy atom. The predicted molar refractivity (Wildman–Crippen MR) is 79.7 cm³/mol. The molecular weight excluding hydrogens is 246 g/mol. The molecule has 2 aromatic rings. The summed E-state index contributed by atoms with van der Waals surface area (Å²) in [5.74, 6) is 0.0853. The van der Waals surface area contributed by atoms with E-state index in [0.717, 1.165) is 6.42 Å². The van der Waals surface area contributed by atoms with Crippen molar-refractivity contribution in [1.82, 2.24) is 0 Å². The summed E-state index contributed by atoms with van der Waals surface area (Å²) in [6.07, 6.45) is 1.21. The fourth-order valence-electron chi connectivity index (χ4n) is 2.28. The van der Waals surface area contributed by atoms with Crippen molar-refractivity contribution < 1.29 is 4.79 Å². The summed E-state index contributed by atoms with van der Waals surface area (Å²) < 4.78 is 0. The maximum Gasteiger partial charge on any atom is 0.163 e. The molecule has 0 bridgehead atoms. The van der Waals surface area contributed by atoms with Crippen molar-refractivity contribution in [2.45, 2.75) is 26.7 Å². The maximum absolute atomic E-state index is 12.2. The van der Waals surface area contributed by atoms with Gasteiger partial charge in [0.05, 0.1) is 11.6 Å². The minimum absolute atomic E-state index is 0.0853. The van der Waals surface area contributed by atoms with Crippen molar-refractivity contribution in [2.75, 3.05) is 0 Å². The van der Waals surface area contributed by atoms with Crippen LogP contribution >= 0.6 is 0 Å². The molecule has 20 heavy (non-hydrogen) atoms. The molecule has 2 heteroatoms. The smallest absolute Gasteiger partial charge is 0.163 e. The lowest BCUT2D eigenvalue weighted by atomic mass is 9.98. The second-order valence-corrected chi connectivity index (χ2v) is 5.05. The molecule has 0 atom stereocenters. The predicted octanol–water partition coefficient (Wildman–Crippen LogP) is 3.99. The second kappa shape index (κ2) is 6.16. The van der Waals surface area contributed by atoms with Crippen LogP contribution in [0, 0.1) is 25.2 Å². The average molecular weight is 263 g/mol. The quantitative estimate of drug-likeness (QED) is 0.782. The summed E-state index contributed by atoms with van der Waals surface area (Å²) in [6.45, 7) is 4.14. The first-order valence-corrected chi connectivity index (χ1v) is 6.69. The highest BCUT2D eigenvalue weighted by molar-refractivity contribution is 5.96. The van der Waals surface area contributed by atoms with Crippen LogP contribution in [0.2, 0.25) is 0 Å². The maximum atomic E-state index is 12.2. The van der Waals surface area contributed by atoms with E-state index in [4.69, 9.17) is 5.26 Å². The third-order valence-corrected chi connectivity index (χ3v) is 3.43. The van der Waals surface area contributed by atoms with E-state index in [2.05, 4.69) is 38.1 Å². The van der Waals surface area contributed by atoms with E-state index in [-0.39, 0.29) is 5.78 Å². The van der Waals surface area contributed by atoms with Crippen LogP contribution in [0.5, 0.6) is 0 Å². The Bertz CT molecular complexity index is 680. The van der Waals surface area contributed by atoms with Gasteiger partial charge in [0.25, 0.3) is 0 Å². The molecule has 2 aromatic carbocycles. The van der Waals surface area contributed by atoms with Gasteiger partial charge in [-0.05, 0) is 43.5 Å². The Morgan fingerprint density at radius 3 is 2.65 bits per heavy atom. The summed E-state index contributed by atoms with van der Waals surface area (Å²) in [7, 11) is 0. The topological polar surface area (TPSA) is 40.9 Å². The van der Waals surface area contributed by atoms with Gasteiger partial charge in [-0.15, -0.1) is 0 Å². The van der Waals surface area contributed by atoms with Gasteiger partial charge in [0, 0.05) is 12.0 Å². The van der Waals surface area contributed by atoms with Crippen molar-refractivity contribution in [3.63, 3.8) is 0 Å². The zero-order valence-electron chi connectivity index (χ0n) is 11.8. The fraction of sp³-hybridized carbons (Fsp3) is 0.222. The fourth-order valence-corrected chi connectivity index (χ4v) is 2.28. The van der Waals surface area contributed by atoms with Gasteiger partial charge in [0.15, 0.2) is 5.78 Å². The average Bonchev–Trinajstić information content (AvgIpc) is 2.46. The van der Waals surface area contributed by atoms with Crippen molar-refractivity contribution >= 4 is 5.78 Å². The van der Waals surface area contributed by atoms with Gasteiger partial charge in [-0.3, -0.25) is 4.79 Å². The number of ketones is 1. The van der Waals surface area contributed by atoms with Gasteiger partial charge < -0.3 is 0 Å². The molecule has 0 spiro atoms. The third kappa shape index (κ3) is 3.33. The number of carbonyl (C=O) groups excluding carboxylic acids is 1. The lowest BCUT2D eigenvalue weighted by molar-refractivity contribution is 0.0983. The number of Topliss-reactive ketones (excluding diaryl/α,β-unsaturated/α-hetero) is 1. The minimum Gasteiger partial charge on any atom is -0.294 e. The lowest BCUT2D eigenvalue weighted by Gasteiger charge is -2.06. The number of carbonyl (C=O) groups is 1. The Kier molecular flexibility index (Phi) is 4.32. The molecule has 0 aliphatic heterocycles. The normalized spacial score (nSPS) is 10.1. The summed E-state index contributed by atoms with van der Waals surface area (Å²) in [5, 5.41) is 8.85. The molecule has 0 aliphatic carbocycles. The first kappa shape index (κ1) is 14.0. The summed E-state index contributed by atoms with van der Waals surface area (Å²) in [4.78, 5) is 12.2. The van der Waals surface area contributed by atoms with Crippen molar-refractivity contribution in [2.24, 2.45) is 0 Å². The first-order chi connectivity index (χ1) is 9.60. The van der Waals surface area contributed by atoms with Crippen molar-refractivity contribution in [3.05, 3.63) is 70.3 Å². The van der Waals surface area contributed by atoms with Crippen LogP contribution in [0.15, 0.2) is 42.5 Å². The van der Waals surface area contributed by atoms with E-state index < -0.39 is 0 Å². The second-order valence-electron chi connectivity index (χ2n) is 5.05. The standard InChI is InChI=1S/C18H17NO/c1-13-6-7-16(14(2)10-13)8-9-18(20)17-5-3-4-15(11-17)12-19/h3-7,10-11H,8-9H2,1-2H3. The van der Waals surface area contributed by atoms with E-state index in [1.54, 1.807) is 24.3 Å². The number of hydrogen-bond donors (Lipinski definition) is 0. The highest BCUT2D eigenvalue weighted by atomic mass is 16.1. The lowest BCUT2D eigenvalue weighted by Crippen LogP contribution is -2.02. The largest absolute Gasteiger partial charge is 0.294 e. The molecule has 100 valence electrons. The molecule has 2 nitrogen and oxygen atoms in total. The third-order valence-electron chi connectivity index (χ3n) is 3.43. The molecule has 0 heterocycles. The van der Waals surface area contributed by atoms with E-state index in [1.165, 1.54) is 16.7 Å². The number of aryl methyl sites for hydroxylation is 3. The highest BCUT2D eigenvalue weighted by Gasteiger charge is 2.08. The minimum atomic E-state index is 0.0853. The SMILES string of the molecule is Cc1ccc(CCC(=O)c2cccc(C#N)c2)c(C)c1. The van der Waals surface area contributed by atoms with Crippen LogP contribution in [0.4, 0.5) is 0 Å².